The zero-order valence-corrected chi connectivity index (χ0v) is 15.1. The SMILES string of the molecule is COC(=O)C1=C[C@H]2C(=O)C(OC)(OC)[C@@H]1[C@@H]1[C@H]2[C@@H]2O[C@@H]1C[C@H]2C(=O)OC. The van der Waals surface area contributed by atoms with Gasteiger partial charge >= 0.3 is 11.9 Å². The van der Waals surface area contributed by atoms with Crippen LogP contribution in [0.4, 0.5) is 0 Å². The van der Waals surface area contributed by atoms with Gasteiger partial charge in [0.1, 0.15) is 0 Å². The van der Waals surface area contributed by atoms with Gasteiger partial charge in [-0.2, -0.15) is 0 Å². The summed E-state index contributed by atoms with van der Waals surface area (Å²) in [7, 11) is 5.45. The van der Waals surface area contributed by atoms with Gasteiger partial charge in [0.25, 0.3) is 0 Å². The van der Waals surface area contributed by atoms with Gasteiger partial charge in [-0.1, -0.05) is 6.08 Å². The van der Waals surface area contributed by atoms with Crippen LogP contribution in [0.15, 0.2) is 11.6 Å². The Bertz CT molecular complexity index is 693. The third kappa shape index (κ3) is 1.92. The third-order valence-corrected chi connectivity index (χ3v) is 6.55. The monoisotopic (exact) mass is 366 g/mol. The molecule has 8 heteroatoms. The topological polar surface area (TPSA) is 97.4 Å². The average Bonchev–Trinajstić information content (AvgIpc) is 3.27. The van der Waals surface area contributed by atoms with Gasteiger partial charge in [-0.15, -0.1) is 0 Å². The van der Waals surface area contributed by atoms with E-state index < -0.39 is 35.6 Å². The molecule has 2 saturated heterocycles. The van der Waals surface area contributed by atoms with E-state index in [-0.39, 0.29) is 29.7 Å². The first-order valence-electron chi connectivity index (χ1n) is 8.63. The molecule has 26 heavy (non-hydrogen) atoms. The molecule has 4 bridgehead atoms. The normalized spacial score (nSPS) is 41.6. The van der Waals surface area contributed by atoms with Gasteiger partial charge < -0.3 is 23.7 Å². The number of hydrogen-bond donors (Lipinski definition) is 0. The molecule has 2 aliphatic heterocycles. The van der Waals surface area contributed by atoms with Crippen LogP contribution in [0.2, 0.25) is 0 Å². The van der Waals surface area contributed by atoms with E-state index >= 15 is 0 Å². The number of fused-ring (bicyclic) bond motifs is 3. The Morgan fingerprint density at radius 1 is 1.12 bits per heavy atom. The molecule has 0 N–H and O–H groups in total. The highest BCUT2D eigenvalue weighted by Crippen LogP contribution is 2.63. The summed E-state index contributed by atoms with van der Waals surface area (Å²) in [5.74, 6) is -4.66. The summed E-state index contributed by atoms with van der Waals surface area (Å²) in [5, 5.41) is 0. The number of allylic oxidation sites excluding steroid dienone is 1. The first-order chi connectivity index (χ1) is 12.4. The molecular weight excluding hydrogens is 344 g/mol. The lowest BCUT2D eigenvalue weighted by Gasteiger charge is -2.54. The van der Waals surface area contributed by atoms with Crippen LogP contribution in [0.25, 0.3) is 0 Å². The first-order valence-corrected chi connectivity index (χ1v) is 8.63. The molecule has 0 aromatic heterocycles. The smallest absolute Gasteiger partial charge is 0.333 e. The summed E-state index contributed by atoms with van der Waals surface area (Å²) in [5.41, 5.74) is 0.382. The van der Waals surface area contributed by atoms with Gasteiger partial charge in [-0.3, -0.25) is 9.59 Å². The van der Waals surface area contributed by atoms with E-state index in [2.05, 4.69) is 0 Å². The van der Waals surface area contributed by atoms with Gasteiger partial charge in [0.15, 0.2) is 5.78 Å². The summed E-state index contributed by atoms with van der Waals surface area (Å²) < 4.78 is 27.0. The van der Waals surface area contributed by atoms with Crippen LogP contribution >= 0.6 is 0 Å². The molecule has 0 aromatic rings. The van der Waals surface area contributed by atoms with Crippen LogP contribution in [0.3, 0.4) is 0 Å². The van der Waals surface area contributed by atoms with Crippen LogP contribution in [-0.2, 0) is 38.1 Å². The van der Waals surface area contributed by atoms with Crippen molar-refractivity contribution in [1.82, 2.24) is 0 Å². The molecule has 5 aliphatic rings. The molecule has 0 aromatic carbocycles. The number of carbonyl (C=O) groups excluding carboxylic acids is 3. The summed E-state index contributed by atoms with van der Waals surface area (Å²) in [6.45, 7) is 0. The van der Waals surface area contributed by atoms with Crippen LogP contribution < -0.4 is 0 Å². The van der Waals surface area contributed by atoms with Crippen molar-refractivity contribution in [3.05, 3.63) is 11.6 Å². The molecule has 2 heterocycles. The Kier molecular flexibility index (Phi) is 3.98. The average molecular weight is 366 g/mol. The molecule has 142 valence electrons. The molecule has 5 rings (SSSR count). The van der Waals surface area contributed by atoms with Crippen LogP contribution in [0.1, 0.15) is 6.42 Å². The molecular formula is C18H22O8. The fourth-order valence-corrected chi connectivity index (χ4v) is 5.63. The van der Waals surface area contributed by atoms with Crippen molar-refractivity contribution >= 4 is 17.7 Å². The molecule has 3 aliphatic carbocycles. The fraction of sp³-hybridized carbons (Fsp3) is 0.722. The maximum absolute atomic E-state index is 13.2. The van der Waals surface area contributed by atoms with Gasteiger partial charge in [0.05, 0.1) is 38.3 Å². The Morgan fingerprint density at radius 2 is 1.81 bits per heavy atom. The largest absolute Gasteiger partial charge is 0.469 e. The van der Waals surface area contributed by atoms with Crippen molar-refractivity contribution in [2.24, 2.45) is 29.6 Å². The second-order valence-corrected chi connectivity index (χ2v) is 7.22. The third-order valence-electron chi connectivity index (χ3n) is 6.55. The molecule has 0 spiro atoms. The number of methoxy groups -OCH3 is 4. The van der Waals surface area contributed by atoms with Gasteiger partial charge in [-0.25, -0.2) is 4.79 Å². The maximum atomic E-state index is 13.2. The molecule has 7 atom stereocenters. The predicted octanol–water partition coefficient (Wildman–Crippen LogP) is 0.0963. The first kappa shape index (κ1) is 17.6. The van der Waals surface area contributed by atoms with Crippen LogP contribution in [-0.4, -0.2) is 64.2 Å². The minimum absolute atomic E-state index is 0.164. The lowest BCUT2D eigenvalue weighted by molar-refractivity contribution is -0.254. The van der Waals surface area contributed by atoms with E-state index in [1.807, 2.05) is 0 Å². The highest BCUT2D eigenvalue weighted by Gasteiger charge is 2.73. The number of hydrogen-bond acceptors (Lipinski definition) is 8. The summed E-state index contributed by atoms with van der Waals surface area (Å²) in [6, 6.07) is 0. The van der Waals surface area contributed by atoms with Crippen molar-refractivity contribution in [2.75, 3.05) is 28.4 Å². The van der Waals surface area contributed by atoms with E-state index in [0.29, 0.717) is 12.0 Å². The van der Waals surface area contributed by atoms with Crippen LogP contribution in [0, 0.1) is 29.6 Å². The number of esters is 2. The summed E-state index contributed by atoms with van der Waals surface area (Å²) in [6.07, 6.45) is 1.46. The van der Waals surface area contributed by atoms with Crippen molar-refractivity contribution in [2.45, 2.75) is 24.4 Å². The highest BCUT2D eigenvalue weighted by molar-refractivity contribution is 6.00. The zero-order chi connectivity index (χ0) is 18.8. The van der Waals surface area contributed by atoms with E-state index in [4.69, 9.17) is 23.7 Å². The molecule has 0 amide bonds. The van der Waals surface area contributed by atoms with E-state index in [1.54, 1.807) is 6.08 Å². The van der Waals surface area contributed by atoms with Gasteiger partial charge in [0, 0.05) is 37.5 Å². The van der Waals surface area contributed by atoms with E-state index in [0.717, 1.165) is 0 Å². The number of rotatable bonds is 4. The van der Waals surface area contributed by atoms with Gasteiger partial charge in [0.2, 0.25) is 5.79 Å². The summed E-state index contributed by atoms with van der Waals surface area (Å²) in [4.78, 5) is 37.6. The Labute approximate surface area is 150 Å². The van der Waals surface area contributed by atoms with Crippen molar-refractivity contribution in [1.29, 1.82) is 0 Å². The second kappa shape index (κ2) is 5.87. The zero-order valence-electron chi connectivity index (χ0n) is 15.1. The fourth-order valence-electron chi connectivity index (χ4n) is 5.63. The minimum Gasteiger partial charge on any atom is -0.469 e. The lowest BCUT2D eigenvalue weighted by Crippen LogP contribution is -2.67. The molecule has 8 nitrogen and oxygen atoms in total. The molecule has 3 fully saturated rings. The van der Waals surface area contributed by atoms with E-state index in [9.17, 15) is 14.4 Å². The minimum atomic E-state index is -1.54. The number of ketones is 1. The number of Topliss-reactive ketones (excluding diaryl/α,β-unsaturated/α-hetero) is 1. The maximum Gasteiger partial charge on any atom is 0.333 e. The molecule has 1 saturated carbocycles. The van der Waals surface area contributed by atoms with Crippen molar-refractivity contribution in [3.63, 3.8) is 0 Å². The Balaban J connectivity index is 1.81. The quantitative estimate of drug-likeness (QED) is 0.510. The van der Waals surface area contributed by atoms with Crippen LogP contribution in [0.5, 0.6) is 0 Å². The van der Waals surface area contributed by atoms with Crippen molar-refractivity contribution < 1.29 is 38.1 Å². The predicted molar refractivity (Wildman–Crippen MR) is 84.6 cm³/mol. The Hall–Kier alpha value is -1.77. The molecule has 0 radical (unpaired) electrons. The Morgan fingerprint density at radius 3 is 2.38 bits per heavy atom. The van der Waals surface area contributed by atoms with Gasteiger partial charge in [-0.05, 0) is 6.42 Å². The molecule has 0 unspecified atom stereocenters. The lowest BCUT2D eigenvalue weighted by atomic mass is 9.51. The second-order valence-electron chi connectivity index (χ2n) is 7.22. The van der Waals surface area contributed by atoms with E-state index in [1.165, 1.54) is 28.4 Å². The van der Waals surface area contributed by atoms with Crippen molar-refractivity contribution in [3.8, 4) is 0 Å². The number of ether oxygens (including phenoxy) is 5. The standard InChI is InChI=1S/C18H22O8/c1-22-16(20)8-5-7-11-12(13(8)18(24-3,25-4)15(7)19)10-6-9(14(11)26-10)17(21)23-2/h5,7,9-14H,6H2,1-4H3/t7-,9-,10-,11+,12+,13+,14-/m1/s1. The number of carbonyl (C=O) groups is 3. The highest BCUT2D eigenvalue weighted by atomic mass is 16.7. The summed E-state index contributed by atoms with van der Waals surface area (Å²) >= 11 is 0.